The Morgan fingerprint density at radius 2 is 2.00 bits per heavy atom. The topological polar surface area (TPSA) is 38.5 Å². The van der Waals surface area contributed by atoms with Gasteiger partial charge in [0.2, 0.25) is 0 Å². The van der Waals surface area contributed by atoms with Gasteiger partial charge in [-0.15, -0.1) is 0 Å². The summed E-state index contributed by atoms with van der Waals surface area (Å²) in [6.07, 6.45) is 3.34. The second-order valence-electron chi connectivity index (χ2n) is 5.42. The number of ether oxygens (including phenoxy) is 1. The summed E-state index contributed by atoms with van der Waals surface area (Å²) < 4.78 is 6.15. The Balaban J connectivity index is 1.69. The lowest BCUT2D eigenvalue weighted by Crippen LogP contribution is -2.43. The number of nitrogens with two attached hydrogens (primary N) is 1. The third-order valence-electron chi connectivity index (χ3n) is 4.35. The van der Waals surface area contributed by atoms with Crippen LogP contribution in [0.5, 0.6) is 0 Å². The van der Waals surface area contributed by atoms with Crippen molar-refractivity contribution in [1.29, 1.82) is 0 Å². The van der Waals surface area contributed by atoms with E-state index in [1.807, 2.05) is 0 Å². The molecule has 0 aromatic heterocycles. The number of fused-ring (bicyclic) bond motifs is 2. The highest BCUT2D eigenvalue weighted by Gasteiger charge is 2.42. The molecular weight excluding hydrogens is 224 g/mol. The first-order chi connectivity index (χ1) is 8.84. The van der Waals surface area contributed by atoms with Gasteiger partial charge in [-0.05, 0) is 43.5 Å². The Hall–Kier alpha value is -0.900. The summed E-state index contributed by atoms with van der Waals surface area (Å²) in [5, 5.41) is 0. The predicted octanol–water partition coefficient (Wildman–Crippen LogP) is 1.86. The van der Waals surface area contributed by atoms with Gasteiger partial charge in [0.05, 0.1) is 12.2 Å². The molecule has 0 saturated carbocycles. The van der Waals surface area contributed by atoms with Gasteiger partial charge in [0, 0.05) is 13.1 Å². The van der Waals surface area contributed by atoms with Gasteiger partial charge in [-0.25, -0.2) is 0 Å². The van der Waals surface area contributed by atoms with Crippen LogP contribution in [-0.4, -0.2) is 31.1 Å². The summed E-state index contributed by atoms with van der Waals surface area (Å²) in [4.78, 5) is 2.52. The summed E-state index contributed by atoms with van der Waals surface area (Å²) >= 11 is 0. The average Bonchev–Trinajstić information content (AvgIpc) is 2.78. The predicted molar refractivity (Wildman–Crippen MR) is 72.3 cm³/mol. The molecule has 2 N–H and O–H groups in total. The monoisotopic (exact) mass is 246 g/mol. The minimum absolute atomic E-state index is 0.00973. The molecule has 1 saturated heterocycles. The van der Waals surface area contributed by atoms with Gasteiger partial charge >= 0.3 is 0 Å². The molecule has 18 heavy (non-hydrogen) atoms. The SMILES string of the molecule is NCCCN1CCC2(CC1)OCc1ccccc12. The zero-order valence-corrected chi connectivity index (χ0v) is 10.9. The summed E-state index contributed by atoms with van der Waals surface area (Å²) in [5.74, 6) is 0. The maximum atomic E-state index is 6.15. The van der Waals surface area contributed by atoms with Crippen molar-refractivity contribution < 1.29 is 4.74 Å². The third kappa shape index (κ3) is 2.07. The quantitative estimate of drug-likeness (QED) is 0.884. The van der Waals surface area contributed by atoms with Crippen molar-refractivity contribution in [3.05, 3.63) is 35.4 Å². The van der Waals surface area contributed by atoms with E-state index in [1.165, 1.54) is 11.1 Å². The smallest absolute Gasteiger partial charge is 0.0963 e. The Morgan fingerprint density at radius 3 is 2.78 bits per heavy atom. The Morgan fingerprint density at radius 1 is 1.22 bits per heavy atom. The molecule has 3 rings (SSSR count). The molecule has 2 heterocycles. The van der Waals surface area contributed by atoms with E-state index in [0.717, 1.165) is 52.0 Å². The lowest BCUT2D eigenvalue weighted by molar-refractivity contribution is -0.0787. The lowest BCUT2D eigenvalue weighted by atomic mass is 9.84. The van der Waals surface area contributed by atoms with Crippen LogP contribution < -0.4 is 5.73 Å². The number of hydrogen-bond acceptors (Lipinski definition) is 3. The summed E-state index contributed by atoms with van der Waals surface area (Å²) in [6, 6.07) is 8.69. The first kappa shape index (κ1) is 12.2. The molecule has 3 nitrogen and oxygen atoms in total. The van der Waals surface area contributed by atoms with E-state index in [1.54, 1.807) is 0 Å². The van der Waals surface area contributed by atoms with Crippen molar-refractivity contribution in [3.8, 4) is 0 Å². The van der Waals surface area contributed by atoms with E-state index in [4.69, 9.17) is 10.5 Å². The largest absolute Gasteiger partial charge is 0.365 e. The van der Waals surface area contributed by atoms with Crippen LogP contribution in [0.4, 0.5) is 0 Å². The first-order valence-electron chi connectivity index (χ1n) is 6.99. The van der Waals surface area contributed by atoms with Crippen molar-refractivity contribution in [1.82, 2.24) is 4.90 Å². The number of benzene rings is 1. The van der Waals surface area contributed by atoms with E-state index in [0.29, 0.717) is 0 Å². The van der Waals surface area contributed by atoms with E-state index in [2.05, 4.69) is 29.2 Å². The molecule has 0 bridgehead atoms. The van der Waals surface area contributed by atoms with Gasteiger partial charge < -0.3 is 15.4 Å². The molecule has 2 aliphatic heterocycles. The molecule has 98 valence electrons. The molecular formula is C15H22N2O. The summed E-state index contributed by atoms with van der Waals surface area (Å²) in [7, 11) is 0. The number of hydrogen-bond donors (Lipinski definition) is 1. The van der Waals surface area contributed by atoms with Crippen LogP contribution in [0.3, 0.4) is 0 Å². The van der Waals surface area contributed by atoms with Crippen LogP contribution in [0, 0.1) is 0 Å². The van der Waals surface area contributed by atoms with Crippen LogP contribution in [-0.2, 0) is 16.9 Å². The van der Waals surface area contributed by atoms with Crippen molar-refractivity contribution in [3.63, 3.8) is 0 Å². The van der Waals surface area contributed by atoms with E-state index in [9.17, 15) is 0 Å². The minimum Gasteiger partial charge on any atom is -0.365 e. The molecule has 0 amide bonds. The van der Waals surface area contributed by atoms with Crippen molar-refractivity contribution >= 4 is 0 Å². The maximum absolute atomic E-state index is 6.15. The van der Waals surface area contributed by atoms with E-state index >= 15 is 0 Å². The standard InChI is InChI=1S/C15H22N2O/c16-8-3-9-17-10-6-15(7-11-17)14-5-2-1-4-13(14)12-18-15/h1-2,4-5H,3,6-12,16H2. The molecule has 0 unspecified atom stereocenters. The summed E-state index contributed by atoms with van der Waals surface area (Å²) in [6.45, 7) is 4.98. The molecule has 1 fully saturated rings. The number of likely N-dealkylation sites (tertiary alicyclic amines) is 1. The van der Waals surface area contributed by atoms with Gasteiger partial charge in [-0.3, -0.25) is 0 Å². The van der Waals surface area contributed by atoms with E-state index in [-0.39, 0.29) is 5.60 Å². The van der Waals surface area contributed by atoms with Crippen LogP contribution in [0.25, 0.3) is 0 Å². The van der Waals surface area contributed by atoms with Crippen LogP contribution in [0.2, 0.25) is 0 Å². The zero-order valence-electron chi connectivity index (χ0n) is 10.9. The Labute approximate surface area is 109 Å². The highest BCUT2D eigenvalue weighted by Crippen LogP contribution is 2.43. The molecule has 1 spiro atoms. The first-order valence-corrected chi connectivity index (χ1v) is 6.99. The molecule has 0 radical (unpaired) electrons. The lowest BCUT2D eigenvalue weighted by Gasteiger charge is -2.39. The number of piperidine rings is 1. The van der Waals surface area contributed by atoms with Gasteiger partial charge in [-0.2, -0.15) is 0 Å². The highest BCUT2D eigenvalue weighted by molar-refractivity contribution is 5.35. The second-order valence-corrected chi connectivity index (χ2v) is 5.42. The molecule has 0 aliphatic carbocycles. The minimum atomic E-state index is 0.00973. The second kappa shape index (κ2) is 5.00. The fraction of sp³-hybridized carbons (Fsp3) is 0.600. The van der Waals surface area contributed by atoms with Gasteiger partial charge in [0.15, 0.2) is 0 Å². The van der Waals surface area contributed by atoms with Gasteiger partial charge in [0.25, 0.3) is 0 Å². The van der Waals surface area contributed by atoms with E-state index < -0.39 is 0 Å². The average molecular weight is 246 g/mol. The Kier molecular flexibility index (Phi) is 3.37. The number of rotatable bonds is 3. The van der Waals surface area contributed by atoms with Crippen molar-refractivity contribution in [2.45, 2.75) is 31.5 Å². The fourth-order valence-electron chi connectivity index (χ4n) is 3.25. The molecule has 1 aromatic carbocycles. The highest BCUT2D eigenvalue weighted by atomic mass is 16.5. The third-order valence-corrected chi connectivity index (χ3v) is 4.35. The molecule has 2 aliphatic rings. The van der Waals surface area contributed by atoms with Gasteiger partial charge in [-0.1, -0.05) is 24.3 Å². The summed E-state index contributed by atoms with van der Waals surface area (Å²) in [5.41, 5.74) is 8.40. The van der Waals surface area contributed by atoms with Crippen LogP contribution >= 0.6 is 0 Å². The van der Waals surface area contributed by atoms with Crippen LogP contribution in [0.1, 0.15) is 30.4 Å². The number of nitrogens with zero attached hydrogens (tertiary/aromatic N) is 1. The molecule has 3 heteroatoms. The zero-order chi connectivity index (χ0) is 12.4. The maximum Gasteiger partial charge on any atom is 0.0963 e. The van der Waals surface area contributed by atoms with Crippen molar-refractivity contribution in [2.24, 2.45) is 5.73 Å². The van der Waals surface area contributed by atoms with Crippen LogP contribution in [0.15, 0.2) is 24.3 Å². The van der Waals surface area contributed by atoms with Crippen molar-refractivity contribution in [2.75, 3.05) is 26.2 Å². The molecule has 0 atom stereocenters. The normalized spacial score (nSPS) is 22.3. The molecule has 1 aromatic rings. The Bertz CT molecular complexity index is 411. The van der Waals surface area contributed by atoms with Gasteiger partial charge in [0.1, 0.15) is 0 Å². The fourth-order valence-corrected chi connectivity index (χ4v) is 3.25.